The van der Waals surface area contributed by atoms with Crippen molar-refractivity contribution >= 4 is 35.1 Å². The molecule has 1 aromatic carbocycles. The summed E-state index contributed by atoms with van der Waals surface area (Å²) in [5.41, 5.74) is -1.15. The molecule has 0 fully saturated rings. The molecule has 1 aromatic heterocycles. The Bertz CT molecular complexity index is 850. The van der Waals surface area contributed by atoms with Crippen LogP contribution >= 0.6 is 0 Å². The Morgan fingerprint density at radius 1 is 0.963 bits per heavy atom. The highest BCUT2D eigenvalue weighted by Crippen LogP contribution is 2.28. The number of carbonyl (C=O) groups excluding carboxylic acids is 3. The lowest BCUT2D eigenvalue weighted by Crippen LogP contribution is -2.44. The first-order valence-corrected chi connectivity index (χ1v) is 8.51. The van der Waals surface area contributed by atoms with E-state index in [0.29, 0.717) is 16.3 Å². The van der Waals surface area contributed by atoms with E-state index >= 15 is 0 Å². The number of aldehydes is 1. The van der Waals surface area contributed by atoms with Crippen molar-refractivity contribution in [1.29, 1.82) is 0 Å². The highest BCUT2D eigenvalue weighted by atomic mass is 16.6. The maximum atomic E-state index is 12.8. The number of hydrogen-bond acceptors (Lipinski definition) is 6. The van der Waals surface area contributed by atoms with Crippen molar-refractivity contribution in [3.05, 3.63) is 36.0 Å². The smallest absolute Gasteiger partial charge is 0.425 e. The van der Waals surface area contributed by atoms with Gasteiger partial charge in [-0.3, -0.25) is 4.79 Å². The number of nitrogens with zero attached hydrogens (tertiary/aromatic N) is 2. The number of fused-ring (bicyclic) bond motifs is 1. The van der Waals surface area contributed by atoms with E-state index in [1.165, 1.54) is 6.20 Å². The Morgan fingerprint density at radius 2 is 1.52 bits per heavy atom. The van der Waals surface area contributed by atoms with Crippen LogP contribution in [0.1, 0.15) is 51.9 Å². The maximum absolute atomic E-state index is 12.8. The summed E-state index contributed by atoms with van der Waals surface area (Å²) in [6.45, 7) is 10.2. The van der Waals surface area contributed by atoms with Crippen molar-refractivity contribution < 1.29 is 23.9 Å². The standard InChI is InChI=1S/C20H24N2O5/c1-19(2,3)26-17(24)22(18(25)27-20(4,5)6)16-15-8-7-13(12-23)11-14(15)9-10-21-16/h7-12H,1-6H3. The van der Waals surface area contributed by atoms with Gasteiger partial charge in [0.2, 0.25) is 0 Å². The van der Waals surface area contributed by atoms with Crippen LogP contribution in [0.5, 0.6) is 0 Å². The molecular weight excluding hydrogens is 348 g/mol. The lowest BCUT2D eigenvalue weighted by molar-refractivity contribution is 0.0429. The van der Waals surface area contributed by atoms with E-state index in [9.17, 15) is 14.4 Å². The third-order valence-electron chi connectivity index (χ3n) is 3.27. The summed E-state index contributed by atoms with van der Waals surface area (Å²) in [5.74, 6) is 0.0773. The van der Waals surface area contributed by atoms with Gasteiger partial charge in [-0.15, -0.1) is 0 Å². The molecule has 2 amide bonds. The predicted octanol–water partition coefficient (Wildman–Crippen LogP) is 4.72. The van der Waals surface area contributed by atoms with Crippen LogP contribution in [-0.2, 0) is 9.47 Å². The van der Waals surface area contributed by atoms with Crippen molar-refractivity contribution in [3.63, 3.8) is 0 Å². The van der Waals surface area contributed by atoms with E-state index < -0.39 is 23.4 Å². The molecule has 0 unspecified atom stereocenters. The second-order valence-electron chi connectivity index (χ2n) is 8.03. The van der Waals surface area contributed by atoms with Crippen LogP contribution in [-0.4, -0.2) is 34.7 Å². The Labute approximate surface area is 158 Å². The van der Waals surface area contributed by atoms with Crippen LogP contribution in [0.15, 0.2) is 30.5 Å². The van der Waals surface area contributed by atoms with Crippen molar-refractivity contribution in [2.75, 3.05) is 4.90 Å². The minimum absolute atomic E-state index is 0.0773. The number of benzene rings is 1. The minimum atomic E-state index is -0.892. The Kier molecular flexibility index (Phi) is 5.54. The number of anilines is 1. The SMILES string of the molecule is CC(C)(C)OC(=O)N(C(=O)OC(C)(C)C)c1nccc2cc(C=O)ccc12. The van der Waals surface area contributed by atoms with Gasteiger partial charge in [0.15, 0.2) is 5.82 Å². The van der Waals surface area contributed by atoms with E-state index in [2.05, 4.69) is 4.98 Å². The van der Waals surface area contributed by atoms with Gasteiger partial charge in [-0.1, -0.05) is 6.07 Å². The maximum Gasteiger partial charge on any atom is 0.425 e. The summed E-state index contributed by atoms with van der Waals surface area (Å²) >= 11 is 0. The van der Waals surface area contributed by atoms with E-state index in [-0.39, 0.29) is 5.82 Å². The van der Waals surface area contributed by atoms with E-state index in [0.717, 1.165) is 11.2 Å². The molecule has 27 heavy (non-hydrogen) atoms. The van der Waals surface area contributed by atoms with Crippen molar-refractivity contribution in [2.45, 2.75) is 52.7 Å². The minimum Gasteiger partial charge on any atom is -0.443 e. The van der Waals surface area contributed by atoms with Crippen LogP contribution < -0.4 is 4.90 Å². The molecule has 0 aliphatic carbocycles. The van der Waals surface area contributed by atoms with Crippen LogP contribution in [0.4, 0.5) is 15.4 Å². The van der Waals surface area contributed by atoms with Gasteiger partial charge in [0.25, 0.3) is 0 Å². The van der Waals surface area contributed by atoms with Crippen LogP contribution in [0, 0.1) is 0 Å². The monoisotopic (exact) mass is 372 g/mol. The number of rotatable bonds is 2. The van der Waals surface area contributed by atoms with Gasteiger partial charge in [0, 0.05) is 17.1 Å². The van der Waals surface area contributed by atoms with Gasteiger partial charge in [-0.25, -0.2) is 14.6 Å². The second-order valence-corrected chi connectivity index (χ2v) is 8.03. The second kappa shape index (κ2) is 7.34. The fourth-order valence-corrected chi connectivity index (χ4v) is 2.29. The lowest BCUT2D eigenvalue weighted by Gasteiger charge is -2.28. The quantitative estimate of drug-likeness (QED) is 0.709. The van der Waals surface area contributed by atoms with Crippen molar-refractivity contribution in [3.8, 4) is 0 Å². The fourth-order valence-electron chi connectivity index (χ4n) is 2.29. The summed E-state index contributed by atoms with van der Waals surface area (Å²) in [6, 6.07) is 6.55. The van der Waals surface area contributed by atoms with Gasteiger partial charge in [-0.05, 0) is 65.1 Å². The van der Waals surface area contributed by atoms with Crippen LogP contribution in [0.2, 0.25) is 0 Å². The zero-order valence-electron chi connectivity index (χ0n) is 16.4. The molecule has 0 spiro atoms. The molecule has 0 atom stereocenters. The fraction of sp³-hybridized carbons (Fsp3) is 0.400. The average molecular weight is 372 g/mol. The molecule has 0 radical (unpaired) electrons. The molecule has 144 valence electrons. The first-order valence-electron chi connectivity index (χ1n) is 8.51. The van der Waals surface area contributed by atoms with Gasteiger partial charge in [0.1, 0.15) is 17.5 Å². The number of imide groups is 1. The third kappa shape index (κ3) is 5.26. The van der Waals surface area contributed by atoms with E-state index in [1.807, 2.05) is 0 Å². The number of hydrogen-bond donors (Lipinski definition) is 0. The van der Waals surface area contributed by atoms with Crippen LogP contribution in [0.3, 0.4) is 0 Å². The molecule has 0 bridgehead atoms. The summed E-state index contributed by atoms with van der Waals surface area (Å²) in [5, 5.41) is 1.17. The zero-order chi connectivity index (χ0) is 20.4. The number of ether oxygens (including phenoxy) is 2. The van der Waals surface area contributed by atoms with E-state index in [4.69, 9.17) is 9.47 Å². The molecule has 0 saturated carbocycles. The number of pyridine rings is 1. The molecule has 7 nitrogen and oxygen atoms in total. The van der Waals surface area contributed by atoms with Crippen molar-refractivity contribution in [1.82, 2.24) is 4.98 Å². The predicted molar refractivity (Wildman–Crippen MR) is 102 cm³/mol. The van der Waals surface area contributed by atoms with Crippen LogP contribution in [0.25, 0.3) is 10.8 Å². The third-order valence-corrected chi connectivity index (χ3v) is 3.27. The van der Waals surface area contributed by atoms with Gasteiger partial charge >= 0.3 is 12.2 Å². The first kappa shape index (κ1) is 20.4. The number of carbonyl (C=O) groups is 3. The largest absolute Gasteiger partial charge is 0.443 e. The molecule has 0 saturated heterocycles. The zero-order valence-corrected chi connectivity index (χ0v) is 16.4. The highest BCUT2D eigenvalue weighted by molar-refractivity contribution is 6.14. The first-order chi connectivity index (χ1) is 12.4. The summed E-state index contributed by atoms with van der Waals surface area (Å²) < 4.78 is 10.7. The lowest BCUT2D eigenvalue weighted by atomic mass is 10.1. The molecule has 0 aliphatic rings. The summed E-state index contributed by atoms with van der Waals surface area (Å²) in [7, 11) is 0. The van der Waals surface area contributed by atoms with E-state index in [1.54, 1.807) is 65.8 Å². The number of amides is 2. The Morgan fingerprint density at radius 3 is 2.00 bits per heavy atom. The van der Waals surface area contributed by atoms with Gasteiger partial charge in [-0.2, -0.15) is 4.90 Å². The van der Waals surface area contributed by atoms with Crippen molar-refractivity contribution in [2.24, 2.45) is 0 Å². The normalized spacial score (nSPS) is 11.8. The topological polar surface area (TPSA) is 85.8 Å². The summed E-state index contributed by atoms with van der Waals surface area (Å²) in [4.78, 5) is 41.5. The molecule has 1 heterocycles. The summed E-state index contributed by atoms with van der Waals surface area (Å²) in [6.07, 6.45) is 0.389. The molecule has 7 heteroatoms. The highest BCUT2D eigenvalue weighted by Gasteiger charge is 2.34. The molecule has 0 N–H and O–H groups in total. The molecule has 2 rings (SSSR count). The Balaban J connectivity index is 2.59. The average Bonchev–Trinajstić information content (AvgIpc) is 2.51. The molecule has 2 aromatic rings. The Hall–Kier alpha value is -2.96. The molecule has 0 aliphatic heterocycles. The molecular formula is C20H24N2O5. The van der Waals surface area contributed by atoms with Gasteiger partial charge in [0.05, 0.1) is 0 Å². The van der Waals surface area contributed by atoms with Gasteiger partial charge < -0.3 is 9.47 Å². The number of aromatic nitrogens is 1.